The van der Waals surface area contributed by atoms with E-state index < -0.39 is 49.5 Å². The molecule has 0 saturated carbocycles. The molecule has 392 valence electrons. The van der Waals surface area contributed by atoms with E-state index in [1.54, 1.807) is 6.08 Å². The molecule has 0 aromatic rings. The van der Waals surface area contributed by atoms with Gasteiger partial charge < -0.3 is 40.3 Å². The molecule has 1 amide bonds. The molecule has 67 heavy (non-hydrogen) atoms. The highest BCUT2D eigenvalue weighted by atomic mass is 16.7. The Morgan fingerprint density at radius 1 is 0.507 bits per heavy atom. The van der Waals surface area contributed by atoms with Crippen molar-refractivity contribution in [2.24, 2.45) is 0 Å². The molecule has 1 saturated heterocycles. The van der Waals surface area contributed by atoms with Gasteiger partial charge in [-0.05, 0) is 64.2 Å². The molecule has 1 aliphatic heterocycles. The van der Waals surface area contributed by atoms with E-state index in [0.717, 1.165) is 44.9 Å². The van der Waals surface area contributed by atoms with Gasteiger partial charge in [-0.2, -0.15) is 0 Å². The van der Waals surface area contributed by atoms with E-state index in [2.05, 4.69) is 55.6 Å². The second kappa shape index (κ2) is 47.8. The van der Waals surface area contributed by atoms with Crippen molar-refractivity contribution in [1.82, 2.24) is 5.32 Å². The van der Waals surface area contributed by atoms with Crippen molar-refractivity contribution < 1.29 is 39.8 Å². The van der Waals surface area contributed by atoms with Gasteiger partial charge in [0.25, 0.3) is 0 Å². The van der Waals surface area contributed by atoms with E-state index in [0.29, 0.717) is 6.42 Å². The Kier molecular flexibility index (Phi) is 45.1. The minimum Gasteiger partial charge on any atom is -0.394 e. The molecule has 0 bridgehead atoms. The van der Waals surface area contributed by atoms with E-state index in [4.69, 9.17) is 9.47 Å². The van der Waals surface area contributed by atoms with E-state index in [1.807, 2.05) is 6.08 Å². The molecule has 9 heteroatoms. The zero-order chi connectivity index (χ0) is 48.7. The molecular weight excluding hydrogens is 839 g/mol. The Bertz CT molecular complexity index is 1190. The number of hydrogen-bond acceptors (Lipinski definition) is 8. The summed E-state index contributed by atoms with van der Waals surface area (Å²) < 4.78 is 11.2. The van der Waals surface area contributed by atoms with Crippen molar-refractivity contribution in [3.05, 3.63) is 48.6 Å². The molecule has 1 rings (SSSR count). The van der Waals surface area contributed by atoms with Crippen LogP contribution in [0.15, 0.2) is 48.6 Å². The summed E-state index contributed by atoms with van der Waals surface area (Å²) in [5.74, 6) is -0.187. The number of aliphatic hydroxyl groups is 5. The van der Waals surface area contributed by atoms with Gasteiger partial charge in [-0.25, -0.2) is 0 Å². The number of aliphatic hydroxyl groups excluding tert-OH is 5. The normalized spacial score (nSPS) is 20.0. The van der Waals surface area contributed by atoms with E-state index in [9.17, 15) is 30.3 Å². The summed E-state index contributed by atoms with van der Waals surface area (Å²) in [6.07, 6.45) is 56.1. The summed E-state index contributed by atoms with van der Waals surface area (Å²) >= 11 is 0. The molecule has 7 atom stereocenters. The molecule has 0 aliphatic carbocycles. The Morgan fingerprint density at radius 3 is 1.34 bits per heavy atom. The van der Waals surface area contributed by atoms with Crippen LogP contribution >= 0.6 is 0 Å². The summed E-state index contributed by atoms with van der Waals surface area (Å²) in [6.45, 7) is 3.77. The van der Waals surface area contributed by atoms with Crippen LogP contribution < -0.4 is 5.32 Å². The lowest BCUT2D eigenvalue weighted by Gasteiger charge is -2.40. The number of amides is 1. The quantitative estimate of drug-likeness (QED) is 0.0261. The first-order valence-corrected chi connectivity index (χ1v) is 28.4. The summed E-state index contributed by atoms with van der Waals surface area (Å²) in [6, 6.07) is -0.822. The van der Waals surface area contributed by atoms with Crippen molar-refractivity contribution in [3.63, 3.8) is 0 Å². The average Bonchev–Trinajstić information content (AvgIpc) is 3.33. The van der Waals surface area contributed by atoms with E-state index in [-0.39, 0.29) is 12.5 Å². The van der Waals surface area contributed by atoms with Crippen LogP contribution in [0, 0.1) is 0 Å². The van der Waals surface area contributed by atoms with Crippen LogP contribution in [0.4, 0.5) is 0 Å². The number of unbranched alkanes of at least 4 members (excludes halogenated alkanes) is 32. The van der Waals surface area contributed by atoms with Gasteiger partial charge in [0.2, 0.25) is 5.91 Å². The van der Waals surface area contributed by atoms with Crippen molar-refractivity contribution in [2.75, 3.05) is 13.2 Å². The van der Waals surface area contributed by atoms with Crippen molar-refractivity contribution in [2.45, 2.75) is 301 Å². The van der Waals surface area contributed by atoms with Crippen LogP contribution in [0.5, 0.6) is 0 Å². The average molecular weight is 946 g/mol. The number of carbonyl (C=O) groups excluding carboxylic acids is 1. The molecule has 6 N–H and O–H groups in total. The van der Waals surface area contributed by atoms with Crippen LogP contribution in [-0.4, -0.2) is 87.5 Å². The molecule has 9 nitrogen and oxygen atoms in total. The number of rotatable bonds is 48. The Hall–Kier alpha value is -1.85. The lowest BCUT2D eigenvalue weighted by Crippen LogP contribution is -2.60. The van der Waals surface area contributed by atoms with E-state index >= 15 is 0 Å². The standard InChI is InChI=1S/C58H107NO8/c1-3-5-7-9-11-13-15-17-19-20-21-22-23-24-25-26-27-28-29-30-31-32-34-36-38-40-42-44-46-48-54(62)59-51(50-66-58-57(65)56(64)55(63)53(49-60)67-58)52(61)47-45-43-41-39-37-35-33-18-16-14-12-10-8-6-4-2/h21-22,24-25,37,39,45,47,51-53,55-58,60-61,63-65H,3-20,23,26-36,38,40-44,46,48-50H2,1-2H3,(H,59,62)/b22-21-,25-24-,39-37+,47-45+. The molecule has 0 aromatic heterocycles. The van der Waals surface area contributed by atoms with Crippen LogP contribution in [0.1, 0.15) is 258 Å². The van der Waals surface area contributed by atoms with Gasteiger partial charge in [-0.1, -0.05) is 236 Å². The Morgan fingerprint density at radius 2 is 0.896 bits per heavy atom. The largest absolute Gasteiger partial charge is 0.394 e. The molecule has 0 aromatic carbocycles. The van der Waals surface area contributed by atoms with Crippen LogP contribution in [0.25, 0.3) is 0 Å². The Balaban J connectivity index is 2.20. The first kappa shape index (κ1) is 63.2. The number of hydrogen-bond donors (Lipinski definition) is 6. The number of ether oxygens (including phenoxy) is 2. The van der Waals surface area contributed by atoms with Gasteiger partial charge in [0, 0.05) is 6.42 Å². The molecule has 7 unspecified atom stereocenters. The second-order valence-electron chi connectivity index (χ2n) is 19.7. The molecule has 0 radical (unpaired) electrons. The third-order valence-corrected chi connectivity index (χ3v) is 13.4. The summed E-state index contributed by atoms with van der Waals surface area (Å²) in [5, 5.41) is 54.4. The minimum absolute atomic E-state index is 0.187. The molecule has 1 aliphatic rings. The fraction of sp³-hybridized carbons (Fsp3) is 0.845. The summed E-state index contributed by atoms with van der Waals surface area (Å²) in [4.78, 5) is 13.0. The lowest BCUT2D eigenvalue weighted by atomic mass is 9.99. The van der Waals surface area contributed by atoms with Crippen molar-refractivity contribution in [3.8, 4) is 0 Å². The maximum absolute atomic E-state index is 13.0. The third-order valence-electron chi connectivity index (χ3n) is 13.4. The molecule has 1 heterocycles. The highest BCUT2D eigenvalue weighted by Crippen LogP contribution is 2.23. The van der Waals surface area contributed by atoms with Crippen LogP contribution in [-0.2, 0) is 14.3 Å². The second-order valence-corrected chi connectivity index (χ2v) is 19.7. The highest BCUT2D eigenvalue weighted by Gasteiger charge is 2.44. The van der Waals surface area contributed by atoms with Gasteiger partial charge in [0.05, 0.1) is 25.4 Å². The topological polar surface area (TPSA) is 149 Å². The monoisotopic (exact) mass is 946 g/mol. The van der Waals surface area contributed by atoms with Crippen LogP contribution in [0.2, 0.25) is 0 Å². The van der Waals surface area contributed by atoms with E-state index in [1.165, 1.54) is 193 Å². The lowest BCUT2D eigenvalue weighted by molar-refractivity contribution is -0.302. The summed E-state index contributed by atoms with van der Waals surface area (Å²) in [5.41, 5.74) is 0. The molecule has 0 spiro atoms. The number of allylic oxidation sites excluding steroid dienone is 7. The van der Waals surface area contributed by atoms with Gasteiger partial charge in [-0.15, -0.1) is 0 Å². The smallest absolute Gasteiger partial charge is 0.220 e. The van der Waals surface area contributed by atoms with Gasteiger partial charge in [0.15, 0.2) is 6.29 Å². The van der Waals surface area contributed by atoms with Crippen molar-refractivity contribution in [1.29, 1.82) is 0 Å². The number of carbonyl (C=O) groups is 1. The van der Waals surface area contributed by atoms with Crippen molar-refractivity contribution >= 4 is 5.91 Å². The SMILES string of the molecule is CCCCCCCCCCC/C=C\C/C=C\CCCCCCCCCCCCCCCC(=O)NC(COC1OC(CO)C(O)C(O)C1O)C(O)/C=C/CC/C=C/CCCCCCCCCCC. The minimum atomic E-state index is -1.57. The molecule has 1 fully saturated rings. The first-order valence-electron chi connectivity index (χ1n) is 28.4. The number of nitrogens with one attached hydrogen (secondary N) is 1. The fourth-order valence-electron chi connectivity index (χ4n) is 8.85. The first-order chi connectivity index (χ1) is 32.8. The summed E-state index contributed by atoms with van der Waals surface area (Å²) in [7, 11) is 0. The highest BCUT2D eigenvalue weighted by molar-refractivity contribution is 5.76. The molecular formula is C58H107NO8. The maximum Gasteiger partial charge on any atom is 0.220 e. The van der Waals surface area contributed by atoms with Gasteiger partial charge >= 0.3 is 0 Å². The third kappa shape index (κ3) is 37.6. The van der Waals surface area contributed by atoms with Gasteiger partial charge in [0.1, 0.15) is 24.4 Å². The predicted molar refractivity (Wildman–Crippen MR) is 281 cm³/mol. The zero-order valence-corrected chi connectivity index (χ0v) is 43.4. The predicted octanol–water partition coefficient (Wildman–Crippen LogP) is 13.7. The zero-order valence-electron chi connectivity index (χ0n) is 43.4. The maximum atomic E-state index is 13.0. The van der Waals surface area contributed by atoms with Gasteiger partial charge in [-0.3, -0.25) is 4.79 Å². The van der Waals surface area contributed by atoms with Crippen LogP contribution in [0.3, 0.4) is 0 Å². The Labute approximate surface area is 412 Å². The fourth-order valence-corrected chi connectivity index (χ4v) is 8.85.